The molecule has 7 nitrogen and oxygen atoms in total. The minimum atomic E-state index is -0.617. The molecule has 0 saturated heterocycles. The lowest BCUT2D eigenvalue weighted by Gasteiger charge is -2.27. The summed E-state index contributed by atoms with van der Waals surface area (Å²) in [6, 6.07) is 15.0. The Kier molecular flexibility index (Phi) is 5.66. The van der Waals surface area contributed by atoms with Crippen LogP contribution in [0.25, 0.3) is 0 Å². The number of aryl methyl sites for hydroxylation is 1. The molecule has 0 radical (unpaired) electrons. The summed E-state index contributed by atoms with van der Waals surface area (Å²) in [5.74, 6) is 0.590. The van der Waals surface area contributed by atoms with Crippen LogP contribution in [0.1, 0.15) is 32.1 Å². The summed E-state index contributed by atoms with van der Waals surface area (Å²) < 4.78 is 19.0. The second kappa shape index (κ2) is 8.55. The Morgan fingerprint density at radius 1 is 1.10 bits per heavy atom. The van der Waals surface area contributed by atoms with Gasteiger partial charge in [-0.25, -0.2) is 4.79 Å². The van der Waals surface area contributed by atoms with Crippen LogP contribution in [0, 0.1) is 13.8 Å². The van der Waals surface area contributed by atoms with Gasteiger partial charge in [-0.1, -0.05) is 12.1 Å². The number of ketones is 1. The highest BCUT2D eigenvalue weighted by atomic mass is 16.6. The van der Waals surface area contributed by atoms with E-state index in [0.717, 1.165) is 17.1 Å². The lowest BCUT2D eigenvalue weighted by atomic mass is 10.1. The van der Waals surface area contributed by atoms with Crippen LogP contribution in [-0.4, -0.2) is 40.7 Å². The van der Waals surface area contributed by atoms with E-state index in [1.807, 2.05) is 42.7 Å². The van der Waals surface area contributed by atoms with Gasteiger partial charge in [0.2, 0.25) is 5.78 Å². The molecule has 1 atom stereocenters. The van der Waals surface area contributed by atoms with E-state index in [0.29, 0.717) is 24.5 Å². The Balaban J connectivity index is 1.41. The second-order valence-electron chi connectivity index (χ2n) is 7.44. The summed E-state index contributed by atoms with van der Waals surface area (Å²) in [5, 5.41) is 9.30. The predicted octanol–water partition coefficient (Wildman–Crippen LogP) is 3.69. The van der Waals surface area contributed by atoms with Crippen LogP contribution in [-0.2, 0) is 11.3 Å². The van der Waals surface area contributed by atoms with Gasteiger partial charge in [0.05, 0.1) is 12.1 Å². The van der Waals surface area contributed by atoms with Crippen LogP contribution in [0.5, 0.6) is 17.2 Å². The average Bonchev–Trinajstić information content (AvgIpc) is 3.06. The topological polar surface area (TPSA) is 87.0 Å². The Morgan fingerprint density at radius 3 is 2.55 bits per heavy atom. The minimum Gasteiger partial charge on any atom is -0.508 e. The Hall–Kier alpha value is -3.74. The summed E-state index contributed by atoms with van der Waals surface area (Å²) in [7, 11) is 0. The highest BCUT2D eigenvalue weighted by Gasteiger charge is 2.24. The van der Waals surface area contributed by atoms with Gasteiger partial charge in [0.25, 0.3) is 0 Å². The maximum absolute atomic E-state index is 12.7. The number of ether oxygens (including phenoxy) is 3. The molecule has 0 fully saturated rings. The normalized spacial score (nSPS) is 14.8. The lowest BCUT2D eigenvalue weighted by Crippen LogP contribution is -2.33. The van der Waals surface area contributed by atoms with Crippen molar-refractivity contribution in [2.75, 3.05) is 13.2 Å². The number of rotatable bonds is 6. The van der Waals surface area contributed by atoms with E-state index in [1.54, 1.807) is 6.07 Å². The number of phenols is 1. The zero-order valence-corrected chi connectivity index (χ0v) is 17.3. The van der Waals surface area contributed by atoms with Crippen molar-refractivity contribution in [1.29, 1.82) is 0 Å². The first kappa shape index (κ1) is 20.5. The summed E-state index contributed by atoms with van der Waals surface area (Å²) in [5.41, 5.74) is 2.47. The van der Waals surface area contributed by atoms with Crippen LogP contribution >= 0.6 is 0 Å². The van der Waals surface area contributed by atoms with E-state index in [2.05, 4.69) is 0 Å². The standard InChI is InChI=1S/C24H23NO6/c1-15-11-20(21(27)14-30-24(28)17-7-9-18(26)10-8-17)16(2)25(15)12-19-13-29-22-5-3-4-6-23(22)31-19/h3-11,19,26H,12-14H2,1-2H3/t19-/m0/s1. The molecule has 7 heteroatoms. The fraction of sp³-hybridized carbons (Fsp3) is 0.250. The van der Waals surface area contributed by atoms with E-state index in [9.17, 15) is 14.7 Å². The number of nitrogens with zero attached hydrogens (tertiary/aromatic N) is 1. The van der Waals surface area contributed by atoms with Crippen LogP contribution in [0.15, 0.2) is 54.6 Å². The van der Waals surface area contributed by atoms with Crippen LogP contribution in [0.2, 0.25) is 0 Å². The van der Waals surface area contributed by atoms with E-state index in [4.69, 9.17) is 14.2 Å². The van der Waals surface area contributed by atoms with Gasteiger partial charge >= 0.3 is 5.97 Å². The molecule has 1 aromatic heterocycles. The van der Waals surface area contributed by atoms with Crippen LogP contribution < -0.4 is 9.47 Å². The fourth-order valence-corrected chi connectivity index (χ4v) is 3.61. The van der Waals surface area contributed by atoms with Crippen molar-refractivity contribution in [1.82, 2.24) is 4.57 Å². The first-order valence-corrected chi connectivity index (χ1v) is 9.97. The summed E-state index contributed by atoms with van der Waals surface area (Å²) in [6.45, 7) is 4.37. The highest BCUT2D eigenvalue weighted by molar-refractivity contribution is 6.00. The molecule has 0 unspecified atom stereocenters. The number of aromatic nitrogens is 1. The van der Waals surface area contributed by atoms with Crippen molar-refractivity contribution < 1.29 is 28.9 Å². The van der Waals surface area contributed by atoms with Crippen LogP contribution in [0.4, 0.5) is 0 Å². The fourth-order valence-electron chi connectivity index (χ4n) is 3.61. The largest absolute Gasteiger partial charge is 0.508 e. The molecule has 2 aromatic carbocycles. The third-order valence-electron chi connectivity index (χ3n) is 5.27. The summed E-state index contributed by atoms with van der Waals surface area (Å²) in [6.07, 6.45) is -0.185. The van der Waals surface area contributed by atoms with Crippen molar-refractivity contribution in [3.63, 3.8) is 0 Å². The van der Waals surface area contributed by atoms with Gasteiger partial charge in [-0.05, 0) is 56.3 Å². The molecule has 0 aliphatic carbocycles. The monoisotopic (exact) mass is 421 g/mol. The molecule has 0 spiro atoms. The van der Waals surface area contributed by atoms with Crippen molar-refractivity contribution in [2.45, 2.75) is 26.5 Å². The van der Waals surface area contributed by atoms with E-state index >= 15 is 0 Å². The zero-order chi connectivity index (χ0) is 22.0. The van der Waals surface area contributed by atoms with Gasteiger partial charge in [0.15, 0.2) is 24.2 Å². The molecule has 4 rings (SSSR count). The van der Waals surface area contributed by atoms with Gasteiger partial charge in [0, 0.05) is 17.0 Å². The molecular weight excluding hydrogens is 398 g/mol. The number of aromatic hydroxyl groups is 1. The Labute approximate surface area is 179 Å². The second-order valence-corrected chi connectivity index (χ2v) is 7.44. The van der Waals surface area contributed by atoms with Gasteiger partial charge in [-0.2, -0.15) is 0 Å². The maximum Gasteiger partial charge on any atom is 0.338 e. The molecule has 31 heavy (non-hydrogen) atoms. The number of benzene rings is 2. The quantitative estimate of drug-likeness (QED) is 0.483. The van der Waals surface area contributed by atoms with Gasteiger partial charge in [0.1, 0.15) is 12.4 Å². The number of esters is 1. The lowest BCUT2D eigenvalue weighted by molar-refractivity contribution is 0.0474. The number of carbonyl (C=O) groups excluding carboxylic acids is 2. The third-order valence-corrected chi connectivity index (χ3v) is 5.27. The number of hydrogen-bond donors (Lipinski definition) is 1. The maximum atomic E-state index is 12.7. The minimum absolute atomic E-state index is 0.0518. The van der Waals surface area contributed by atoms with Crippen molar-refractivity contribution in [3.05, 3.63) is 77.1 Å². The molecule has 0 saturated carbocycles. The van der Waals surface area contributed by atoms with Gasteiger partial charge in [-0.3, -0.25) is 4.79 Å². The number of fused-ring (bicyclic) bond motifs is 1. The first-order valence-electron chi connectivity index (χ1n) is 9.97. The SMILES string of the molecule is Cc1cc(C(=O)COC(=O)c2ccc(O)cc2)c(C)n1C[C@H]1COc2ccccc2O1. The summed E-state index contributed by atoms with van der Waals surface area (Å²) >= 11 is 0. The molecule has 0 amide bonds. The molecule has 0 bridgehead atoms. The molecule has 1 N–H and O–H groups in total. The van der Waals surface area contributed by atoms with E-state index < -0.39 is 5.97 Å². The molecular formula is C24H23NO6. The number of Topliss-reactive ketones (excluding diaryl/α,β-unsaturated/α-hetero) is 1. The number of phenolic OH excluding ortho intramolecular Hbond substituents is 1. The molecule has 1 aliphatic heterocycles. The predicted molar refractivity (Wildman–Crippen MR) is 113 cm³/mol. The molecule has 3 aromatic rings. The van der Waals surface area contributed by atoms with E-state index in [1.165, 1.54) is 24.3 Å². The van der Waals surface area contributed by atoms with Gasteiger partial charge in [-0.15, -0.1) is 0 Å². The number of para-hydroxylation sites is 2. The van der Waals surface area contributed by atoms with Crippen LogP contribution in [0.3, 0.4) is 0 Å². The molecule has 2 heterocycles. The molecule has 1 aliphatic rings. The number of hydrogen-bond acceptors (Lipinski definition) is 6. The molecule has 160 valence electrons. The Morgan fingerprint density at radius 2 is 1.81 bits per heavy atom. The van der Waals surface area contributed by atoms with Crippen molar-refractivity contribution in [3.8, 4) is 17.2 Å². The highest BCUT2D eigenvalue weighted by Crippen LogP contribution is 2.31. The third kappa shape index (κ3) is 4.40. The zero-order valence-electron chi connectivity index (χ0n) is 17.3. The smallest absolute Gasteiger partial charge is 0.338 e. The van der Waals surface area contributed by atoms with Gasteiger partial charge < -0.3 is 23.9 Å². The number of carbonyl (C=O) groups is 2. The Bertz CT molecular complexity index is 1120. The summed E-state index contributed by atoms with van der Waals surface area (Å²) in [4.78, 5) is 24.8. The first-order chi connectivity index (χ1) is 14.9. The van der Waals surface area contributed by atoms with Crippen molar-refractivity contribution in [2.24, 2.45) is 0 Å². The van der Waals surface area contributed by atoms with Crippen molar-refractivity contribution >= 4 is 11.8 Å². The average molecular weight is 421 g/mol. The van der Waals surface area contributed by atoms with E-state index in [-0.39, 0.29) is 29.8 Å².